The van der Waals surface area contributed by atoms with Crippen LogP contribution < -0.4 is 5.73 Å². The van der Waals surface area contributed by atoms with E-state index in [9.17, 15) is 8.42 Å². The molecule has 0 aliphatic carbocycles. The molecule has 0 saturated carbocycles. The van der Waals surface area contributed by atoms with E-state index in [0.717, 1.165) is 19.5 Å². The van der Waals surface area contributed by atoms with Gasteiger partial charge in [0.2, 0.25) is 10.0 Å². The summed E-state index contributed by atoms with van der Waals surface area (Å²) in [4.78, 5) is 6.50. The van der Waals surface area contributed by atoms with Crippen LogP contribution in [0.5, 0.6) is 0 Å². The lowest BCUT2D eigenvalue weighted by molar-refractivity contribution is 0.270. The number of nitrogens with two attached hydrogens (primary N) is 1. The lowest BCUT2D eigenvalue weighted by Crippen LogP contribution is -2.43. The molecule has 1 unspecified atom stereocenters. The van der Waals surface area contributed by atoms with E-state index in [-0.39, 0.29) is 0 Å². The molecule has 1 heterocycles. The fourth-order valence-corrected chi connectivity index (χ4v) is 3.43. The summed E-state index contributed by atoms with van der Waals surface area (Å²) < 4.78 is 24.3. The van der Waals surface area contributed by atoms with Gasteiger partial charge in [0.1, 0.15) is 0 Å². The minimum absolute atomic E-state index is 0.502. The molecule has 0 aromatic heterocycles. The molecular formula is C13H28N4O2S. The van der Waals surface area contributed by atoms with Gasteiger partial charge in [-0.2, -0.15) is 0 Å². The van der Waals surface area contributed by atoms with Crippen LogP contribution in [0.3, 0.4) is 0 Å². The van der Waals surface area contributed by atoms with Crippen molar-refractivity contribution in [3.63, 3.8) is 0 Å². The van der Waals surface area contributed by atoms with E-state index in [1.54, 1.807) is 0 Å². The maximum absolute atomic E-state index is 11.4. The summed E-state index contributed by atoms with van der Waals surface area (Å²) in [6.07, 6.45) is 4.35. The lowest BCUT2D eigenvalue weighted by Gasteiger charge is -2.31. The number of hydrogen-bond acceptors (Lipinski definition) is 3. The van der Waals surface area contributed by atoms with Gasteiger partial charge in [0.05, 0.1) is 6.26 Å². The van der Waals surface area contributed by atoms with E-state index in [1.807, 2.05) is 6.92 Å². The highest BCUT2D eigenvalue weighted by atomic mass is 32.2. The average molecular weight is 304 g/mol. The van der Waals surface area contributed by atoms with Crippen LogP contribution in [0.4, 0.5) is 0 Å². The molecule has 1 fully saturated rings. The van der Waals surface area contributed by atoms with Gasteiger partial charge in [0.15, 0.2) is 5.96 Å². The van der Waals surface area contributed by atoms with Gasteiger partial charge in [-0.3, -0.25) is 4.99 Å². The Balaban J connectivity index is 2.36. The Morgan fingerprint density at radius 3 is 2.75 bits per heavy atom. The van der Waals surface area contributed by atoms with Crippen molar-refractivity contribution in [1.29, 1.82) is 0 Å². The van der Waals surface area contributed by atoms with Gasteiger partial charge >= 0.3 is 0 Å². The first-order chi connectivity index (χ1) is 9.34. The van der Waals surface area contributed by atoms with E-state index >= 15 is 0 Å². The Morgan fingerprint density at radius 1 is 1.50 bits per heavy atom. The second-order valence-corrected chi connectivity index (χ2v) is 7.52. The van der Waals surface area contributed by atoms with Crippen LogP contribution in [-0.4, -0.2) is 62.6 Å². The Kier molecular flexibility index (Phi) is 6.75. The zero-order valence-corrected chi connectivity index (χ0v) is 13.7. The molecule has 0 radical (unpaired) electrons. The minimum Gasteiger partial charge on any atom is -0.370 e. The molecule has 1 atom stereocenters. The van der Waals surface area contributed by atoms with Gasteiger partial charge in [0, 0.05) is 32.7 Å². The number of hydrogen-bond donors (Lipinski definition) is 1. The third-order valence-electron chi connectivity index (χ3n) is 3.64. The zero-order chi connectivity index (χ0) is 15.2. The number of rotatable bonds is 6. The molecule has 20 heavy (non-hydrogen) atoms. The van der Waals surface area contributed by atoms with E-state index in [4.69, 9.17) is 5.73 Å². The van der Waals surface area contributed by atoms with Crippen molar-refractivity contribution < 1.29 is 8.42 Å². The van der Waals surface area contributed by atoms with E-state index < -0.39 is 10.0 Å². The number of guanidine groups is 1. The maximum Gasteiger partial charge on any atom is 0.211 e. The van der Waals surface area contributed by atoms with Crippen molar-refractivity contribution in [2.75, 3.05) is 39.0 Å². The van der Waals surface area contributed by atoms with Gasteiger partial charge < -0.3 is 10.6 Å². The van der Waals surface area contributed by atoms with Crippen LogP contribution in [0.1, 0.15) is 33.1 Å². The van der Waals surface area contributed by atoms with Crippen LogP contribution in [0.15, 0.2) is 4.99 Å². The van der Waals surface area contributed by atoms with Crippen molar-refractivity contribution in [3.05, 3.63) is 0 Å². The van der Waals surface area contributed by atoms with Gasteiger partial charge in [-0.25, -0.2) is 12.7 Å². The normalized spacial score (nSPS) is 21.5. The highest BCUT2D eigenvalue weighted by Gasteiger charge is 2.17. The molecule has 0 bridgehead atoms. The highest BCUT2D eigenvalue weighted by Crippen LogP contribution is 2.14. The summed E-state index contributed by atoms with van der Waals surface area (Å²) in [7, 11) is -3.10. The monoisotopic (exact) mass is 304 g/mol. The summed E-state index contributed by atoms with van der Waals surface area (Å²) in [5.41, 5.74) is 5.99. The summed E-state index contributed by atoms with van der Waals surface area (Å²) in [5, 5.41) is 0. The number of sulfonamides is 1. The molecule has 6 nitrogen and oxygen atoms in total. The summed E-state index contributed by atoms with van der Waals surface area (Å²) in [6.45, 7) is 7.59. The molecule has 0 aromatic rings. The highest BCUT2D eigenvalue weighted by molar-refractivity contribution is 7.88. The zero-order valence-electron chi connectivity index (χ0n) is 12.9. The second-order valence-electron chi connectivity index (χ2n) is 5.54. The van der Waals surface area contributed by atoms with E-state index in [2.05, 4.69) is 16.8 Å². The van der Waals surface area contributed by atoms with Crippen LogP contribution in [0.25, 0.3) is 0 Å². The molecule has 1 rings (SSSR count). The largest absolute Gasteiger partial charge is 0.370 e. The van der Waals surface area contributed by atoms with Crippen LogP contribution in [0.2, 0.25) is 0 Å². The van der Waals surface area contributed by atoms with Gasteiger partial charge in [0.25, 0.3) is 0 Å². The van der Waals surface area contributed by atoms with Crippen LogP contribution >= 0.6 is 0 Å². The molecule has 0 spiro atoms. The Morgan fingerprint density at radius 2 is 2.20 bits per heavy atom. The third kappa shape index (κ3) is 5.66. The molecule has 7 heteroatoms. The Labute approximate surface area is 123 Å². The second kappa shape index (κ2) is 7.83. The van der Waals surface area contributed by atoms with Crippen molar-refractivity contribution >= 4 is 16.0 Å². The fourth-order valence-electron chi connectivity index (χ4n) is 2.50. The maximum atomic E-state index is 11.4. The summed E-state index contributed by atoms with van der Waals surface area (Å²) >= 11 is 0. The predicted octanol–water partition coefficient (Wildman–Crippen LogP) is 0.705. The van der Waals surface area contributed by atoms with Crippen molar-refractivity contribution in [1.82, 2.24) is 9.21 Å². The summed E-state index contributed by atoms with van der Waals surface area (Å²) in [6, 6.07) is 0. The van der Waals surface area contributed by atoms with Gasteiger partial charge in [-0.15, -0.1) is 0 Å². The predicted molar refractivity (Wildman–Crippen MR) is 83.2 cm³/mol. The molecule has 118 valence electrons. The van der Waals surface area contributed by atoms with Crippen LogP contribution in [0, 0.1) is 5.92 Å². The number of piperidine rings is 1. The van der Waals surface area contributed by atoms with Gasteiger partial charge in [-0.05, 0) is 25.2 Å². The molecule has 1 aliphatic rings. The molecular weight excluding hydrogens is 276 g/mol. The number of aliphatic imine (C=N–C) groups is 1. The van der Waals surface area contributed by atoms with Crippen molar-refractivity contribution in [2.24, 2.45) is 16.6 Å². The molecule has 2 N–H and O–H groups in total. The first-order valence-electron chi connectivity index (χ1n) is 7.34. The average Bonchev–Trinajstić information content (AvgIpc) is 2.37. The Bertz CT molecular complexity index is 422. The molecule has 0 aromatic carbocycles. The SMILES string of the molecule is CCN(CCCN=C(N)N1CCCC(C)C1)S(C)(=O)=O. The van der Waals surface area contributed by atoms with E-state index in [1.165, 1.54) is 17.0 Å². The fraction of sp³-hybridized carbons (Fsp3) is 0.923. The van der Waals surface area contributed by atoms with Gasteiger partial charge in [-0.1, -0.05) is 13.8 Å². The topological polar surface area (TPSA) is 79.0 Å². The Hall–Kier alpha value is -0.820. The minimum atomic E-state index is -3.10. The summed E-state index contributed by atoms with van der Waals surface area (Å²) in [5.74, 6) is 1.26. The standard InChI is InChI=1S/C13H28N4O2S/c1-4-17(20(3,18)19)10-6-8-15-13(14)16-9-5-7-12(2)11-16/h12H,4-11H2,1-3H3,(H2,14,15). The molecule has 1 saturated heterocycles. The molecule has 0 amide bonds. The van der Waals surface area contributed by atoms with Crippen molar-refractivity contribution in [3.8, 4) is 0 Å². The van der Waals surface area contributed by atoms with Crippen molar-refractivity contribution in [2.45, 2.75) is 33.1 Å². The lowest BCUT2D eigenvalue weighted by atomic mass is 10.0. The quantitative estimate of drug-likeness (QED) is 0.445. The first kappa shape index (κ1) is 17.2. The van der Waals surface area contributed by atoms with E-state index in [0.29, 0.717) is 37.9 Å². The number of nitrogens with zero attached hydrogens (tertiary/aromatic N) is 3. The first-order valence-corrected chi connectivity index (χ1v) is 9.19. The molecule has 1 aliphatic heterocycles. The van der Waals surface area contributed by atoms with Crippen LogP contribution in [-0.2, 0) is 10.0 Å². The smallest absolute Gasteiger partial charge is 0.211 e. The number of likely N-dealkylation sites (tertiary alicyclic amines) is 1. The third-order valence-corrected chi connectivity index (χ3v) is 5.02.